The van der Waals surface area contributed by atoms with E-state index in [4.69, 9.17) is 0 Å². The second kappa shape index (κ2) is 10.4. The van der Waals surface area contributed by atoms with Crippen LogP contribution in [-0.4, -0.2) is 18.4 Å². The van der Waals surface area contributed by atoms with Crippen LogP contribution in [0.2, 0.25) is 0 Å². The number of amides is 2. The van der Waals surface area contributed by atoms with Gasteiger partial charge in [-0.05, 0) is 55.3 Å². The smallest absolute Gasteiger partial charge is 0.255 e. The molecule has 0 spiro atoms. The molecular weight excluding hydrogens is 374 g/mol. The molecule has 3 aromatic carbocycles. The first-order valence-corrected chi connectivity index (χ1v) is 10.1. The highest BCUT2D eigenvalue weighted by Crippen LogP contribution is 2.17. The van der Waals surface area contributed by atoms with E-state index in [1.165, 1.54) is 5.56 Å². The van der Waals surface area contributed by atoms with Crippen LogP contribution in [0.4, 0.5) is 11.4 Å². The number of benzene rings is 3. The first-order chi connectivity index (χ1) is 14.5. The number of carbonyl (C=O) groups excluding carboxylic acids is 2. The van der Waals surface area contributed by atoms with Crippen molar-refractivity contribution in [1.29, 1.82) is 0 Å². The van der Waals surface area contributed by atoms with Crippen LogP contribution in [0.5, 0.6) is 0 Å². The molecule has 3 rings (SSSR count). The maximum absolute atomic E-state index is 12.3. The van der Waals surface area contributed by atoms with E-state index >= 15 is 0 Å². The average molecular weight is 402 g/mol. The molecule has 0 aliphatic heterocycles. The zero-order chi connectivity index (χ0) is 21.3. The van der Waals surface area contributed by atoms with Gasteiger partial charge in [0.2, 0.25) is 5.91 Å². The Morgan fingerprint density at radius 1 is 0.833 bits per heavy atom. The predicted molar refractivity (Wildman–Crippen MR) is 122 cm³/mol. The highest BCUT2D eigenvalue weighted by molar-refractivity contribution is 6.04. The lowest BCUT2D eigenvalue weighted by Gasteiger charge is -2.17. The first kappa shape index (κ1) is 21.3. The molecule has 0 aromatic heterocycles. The van der Waals surface area contributed by atoms with Crippen molar-refractivity contribution >= 4 is 23.2 Å². The molecule has 1 unspecified atom stereocenters. The summed E-state index contributed by atoms with van der Waals surface area (Å²) < 4.78 is 0. The summed E-state index contributed by atoms with van der Waals surface area (Å²) in [6.07, 6.45) is 0.895. The van der Waals surface area contributed by atoms with Crippen molar-refractivity contribution in [2.75, 3.05) is 17.2 Å². The van der Waals surface area contributed by atoms with Gasteiger partial charge in [-0.1, -0.05) is 55.0 Å². The van der Waals surface area contributed by atoms with Crippen molar-refractivity contribution in [3.63, 3.8) is 0 Å². The van der Waals surface area contributed by atoms with Crippen molar-refractivity contribution in [2.24, 2.45) is 0 Å². The minimum Gasteiger partial charge on any atom is -0.325 e. The molecule has 154 valence electrons. The summed E-state index contributed by atoms with van der Waals surface area (Å²) in [5, 5.41) is 9.04. The van der Waals surface area contributed by atoms with Gasteiger partial charge in [0.15, 0.2) is 0 Å². The van der Waals surface area contributed by atoms with Crippen molar-refractivity contribution in [2.45, 2.75) is 26.3 Å². The Bertz CT molecular complexity index is 985. The molecule has 2 amide bonds. The van der Waals surface area contributed by atoms with Gasteiger partial charge in [0.1, 0.15) is 0 Å². The summed E-state index contributed by atoms with van der Waals surface area (Å²) in [5.41, 5.74) is 4.17. The van der Waals surface area contributed by atoms with E-state index in [1.807, 2.05) is 43.3 Å². The van der Waals surface area contributed by atoms with Crippen molar-refractivity contribution in [3.8, 4) is 0 Å². The van der Waals surface area contributed by atoms with Gasteiger partial charge in [0.25, 0.3) is 5.91 Å². The Hall–Kier alpha value is -3.44. The van der Waals surface area contributed by atoms with Crippen LogP contribution in [0.3, 0.4) is 0 Å². The van der Waals surface area contributed by atoms with Crippen LogP contribution in [-0.2, 0) is 4.79 Å². The molecular formula is C25H27N3O2. The zero-order valence-corrected chi connectivity index (χ0v) is 17.3. The van der Waals surface area contributed by atoms with E-state index in [2.05, 4.69) is 35.0 Å². The van der Waals surface area contributed by atoms with E-state index in [-0.39, 0.29) is 24.4 Å². The van der Waals surface area contributed by atoms with Crippen molar-refractivity contribution < 1.29 is 9.59 Å². The second-order valence-corrected chi connectivity index (χ2v) is 7.20. The van der Waals surface area contributed by atoms with Crippen LogP contribution >= 0.6 is 0 Å². The maximum Gasteiger partial charge on any atom is 0.255 e. The van der Waals surface area contributed by atoms with Gasteiger partial charge in [-0.2, -0.15) is 0 Å². The summed E-state index contributed by atoms with van der Waals surface area (Å²) in [6.45, 7) is 4.26. The van der Waals surface area contributed by atoms with Crippen LogP contribution in [0.15, 0.2) is 78.9 Å². The van der Waals surface area contributed by atoms with Crippen LogP contribution in [0.25, 0.3) is 0 Å². The Balaban J connectivity index is 1.51. The highest BCUT2D eigenvalue weighted by atomic mass is 16.2. The van der Waals surface area contributed by atoms with Gasteiger partial charge < -0.3 is 16.0 Å². The third-order valence-electron chi connectivity index (χ3n) is 4.83. The van der Waals surface area contributed by atoms with Gasteiger partial charge in [-0.25, -0.2) is 0 Å². The topological polar surface area (TPSA) is 70.2 Å². The fraction of sp³-hybridized carbons (Fsp3) is 0.200. The number of rotatable bonds is 8. The molecule has 0 fully saturated rings. The first-order valence-electron chi connectivity index (χ1n) is 10.1. The monoisotopic (exact) mass is 401 g/mol. The molecule has 0 saturated heterocycles. The van der Waals surface area contributed by atoms with Crippen LogP contribution < -0.4 is 16.0 Å². The second-order valence-electron chi connectivity index (χ2n) is 7.20. The Kier molecular flexibility index (Phi) is 7.35. The molecule has 5 nitrogen and oxygen atoms in total. The molecule has 1 atom stereocenters. The molecule has 0 aliphatic carbocycles. The summed E-state index contributed by atoms with van der Waals surface area (Å²) in [7, 11) is 0. The van der Waals surface area contributed by atoms with Crippen molar-refractivity contribution in [1.82, 2.24) is 5.32 Å². The lowest BCUT2D eigenvalue weighted by molar-refractivity contribution is -0.115. The summed E-state index contributed by atoms with van der Waals surface area (Å²) in [4.78, 5) is 24.6. The molecule has 3 N–H and O–H groups in total. The minimum absolute atomic E-state index is 0.110. The third kappa shape index (κ3) is 6.03. The number of aryl methyl sites for hydroxylation is 1. The molecule has 0 heterocycles. The average Bonchev–Trinajstić information content (AvgIpc) is 2.76. The third-order valence-corrected chi connectivity index (χ3v) is 4.83. The Morgan fingerprint density at radius 2 is 1.50 bits per heavy atom. The normalized spacial score (nSPS) is 11.5. The SMILES string of the molecule is CCC(NCC(=O)Nc1ccc(NC(=O)c2cccc(C)c2)cc1)c1ccccc1. The number of hydrogen-bond acceptors (Lipinski definition) is 3. The Labute approximate surface area is 177 Å². The lowest BCUT2D eigenvalue weighted by Crippen LogP contribution is -2.31. The quantitative estimate of drug-likeness (QED) is 0.501. The minimum atomic E-state index is -0.161. The van der Waals surface area contributed by atoms with Crippen LogP contribution in [0, 0.1) is 6.92 Å². The lowest BCUT2D eigenvalue weighted by atomic mass is 10.0. The number of anilines is 2. The van der Waals surface area contributed by atoms with E-state index < -0.39 is 0 Å². The number of hydrogen-bond donors (Lipinski definition) is 3. The zero-order valence-electron chi connectivity index (χ0n) is 17.3. The van der Waals surface area contributed by atoms with Gasteiger partial charge in [0, 0.05) is 23.0 Å². The highest BCUT2D eigenvalue weighted by Gasteiger charge is 2.11. The van der Waals surface area contributed by atoms with Crippen molar-refractivity contribution in [3.05, 3.63) is 95.6 Å². The van der Waals surface area contributed by atoms with E-state index in [0.717, 1.165) is 12.0 Å². The number of nitrogens with one attached hydrogen (secondary N) is 3. The summed E-state index contributed by atoms with van der Waals surface area (Å²) >= 11 is 0. The summed E-state index contributed by atoms with van der Waals surface area (Å²) in [6, 6.07) is 24.8. The molecule has 30 heavy (non-hydrogen) atoms. The Morgan fingerprint density at radius 3 is 2.13 bits per heavy atom. The van der Waals surface area contributed by atoms with Gasteiger partial charge in [-0.3, -0.25) is 9.59 Å². The van der Waals surface area contributed by atoms with E-state index in [1.54, 1.807) is 30.3 Å². The fourth-order valence-electron chi connectivity index (χ4n) is 3.23. The van der Waals surface area contributed by atoms with E-state index in [9.17, 15) is 9.59 Å². The van der Waals surface area contributed by atoms with E-state index in [0.29, 0.717) is 16.9 Å². The standard InChI is InChI=1S/C25H27N3O2/c1-3-23(19-9-5-4-6-10-19)26-17-24(29)27-21-12-14-22(15-13-21)28-25(30)20-11-7-8-18(2)16-20/h4-16,23,26H,3,17H2,1-2H3,(H,27,29)(H,28,30). The van der Waals surface area contributed by atoms with Gasteiger partial charge >= 0.3 is 0 Å². The largest absolute Gasteiger partial charge is 0.325 e. The molecule has 0 bridgehead atoms. The molecule has 5 heteroatoms. The molecule has 0 aliphatic rings. The molecule has 3 aromatic rings. The molecule has 0 saturated carbocycles. The molecule has 0 radical (unpaired) electrons. The fourth-order valence-corrected chi connectivity index (χ4v) is 3.23. The maximum atomic E-state index is 12.3. The number of carbonyl (C=O) groups is 2. The predicted octanol–water partition coefficient (Wildman–Crippen LogP) is 4.93. The van der Waals surface area contributed by atoms with Crippen LogP contribution in [0.1, 0.15) is 40.9 Å². The van der Waals surface area contributed by atoms with Gasteiger partial charge in [-0.15, -0.1) is 0 Å². The summed E-state index contributed by atoms with van der Waals surface area (Å²) in [5.74, 6) is -0.271. The van der Waals surface area contributed by atoms with Gasteiger partial charge in [0.05, 0.1) is 6.54 Å².